The maximum absolute atomic E-state index is 12.5. The summed E-state index contributed by atoms with van der Waals surface area (Å²) in [6.45, 7) is 0. The number of aryl methyl sites for hydroxylation is 1. The van der Waals surface area contributed by atoms with Gasteiger partial charge in [0.05, 0.1) is 5.69 Å². The smallest absolute Gasteiger partial charge is 0.257 e. The lowest BCUT2D eigenvalue weighted by Crippen LogP contribution is -2.12. The summed E-state index contributed by atoms with van der Waals surface area (Å²) in [5.74, 6) is 0.460. The van der Waals surface area contributed by atoms with Gasteiger partial charge in [0.2, 0.25) is 5.91 Å². The lowest BCUT2D eigenvalue weighted by Gasteiger charge is -2.09. The molecule has 7 heteroatoms. The Labute approximate surface area is 177 Å². The molecule has 0 saturated heterocycles. The van der Waals surface area contributed by atoms with E-state index in [0.717, 1.165) is 22.0 Å². The number of aromatic nitrogens is 4. The molecule has 3 heterocycles. The number of fused-ring (bicyclic) bond motifs is 3. The highest BCUT2D eigenvalue weighted by Crippen LogP contribution is 2.28. The van der Waals surface area contributed by atoms with Gasteiger partial charge in [-0.15, -0.1) is 5.10 Å². The van der Waals surface area contributed by atoms with Gasteiger partial charge in [-0.2, -0.15) is 0 Å². The molecule has 2 N–H and O–H groups in total. The molecule has 0 radical (unpaired) electrons. The van der Waals surface area contributed by atoms with Gasteiger partial charge in [-0.3, -0.25) is 9.59 Å². The minimum absolute atomic E-state index is 0.0775. The Morgan fingerprint density at radius 3 is 2.58 bits per heavy atom. The van der Waals surface area contributed by atoms with Crippen LogP contribution in [0.15, 0.2) is 83.9 Å². The van der Waals surface area contributed by atoms with Crippen molar-refractivity contribution in [1.29, 1.82) is 0 Å². The van der Waals surface area contributed by atoms with Crippen LogP contribution in [0.1, 0.15) is 16.8 Å². The number of pyridine rings is 2. The van der Waals surface area contributed by atoms with E-state index in [-0.39, 0.29) is 11.5 Å². The van der Waals surface area contributed by atoms with E-state index in [1.54, 1.807) is 24.5 Å². The number of nitrogens with one attached hydrogen (secondary N) is 2. The number of aromatic amines is 1. The molecular formula is C24H19N5O2. The van der Waals surface area contributed by atoms with E-state index in [1.165, 1.54) is 4.68 Å². The molecule has 5 aromatic rings. The van der Waals surface area contributed by atoms with Crippen molar-refractivity contribution in [3.05, 3.63) is 95.0 Å². The number of carbonyl (C=O) groups excluding carboxylic acids is 1. The second-order valence-electron chi connectivity index (χ2n) is 7.23. The Morgan fingerprint density at radius 2 is 1.74 bits per heavy atom. The van der Waals surface area contributed by atoms with E-state index in [4.69, 9.17) is 0 Å². The summed E-state index contributed by atoms with van der Waals surface area (Å²) < 4.78 is 1.36. The van der Waals surface area contributed by atoms with E-state index in [2.05, 4.69) is 20.4 Å². The fourth-order valence-electron chi connectivity index (χ4n) is 3.69. The number of hydrogen-bond acceptors (Lipinski definition) is 5. The van der Waals surface area contributed by atoms with Crippen LogP contribution in [0.3, 0.4) is 0 Å². The van der Waals surface area contributed by atoms with E-state index in [1.807, 2.05) is 54.6 Å². The fraction of sp³-hybridized carbons (Fsp3) is 0.0833. The maximum atomic E-state index is 12.5. The number of anilines is 2. The second-order valence-corrected chi connectivity index (χ2v) is 7.23. The molecule has 0 atom stereocenters. The maximum Gasteiger partial charge on any atom is 0.257 e. The monoisotopic (exact) mass is 409 g/mol. The molecule has 0 fully saturated rings. The Morgan fingerprint density at radius 1 is 0.968 bits per heavy atom. The minimum atomic E-state index is -0.180. The zero-order valence-corrected chi connectivity index (χ0v) is 16.6. The van der Waals surface area contributed by atoms with Crippen LogP contribution in [-0.4, -0.2) is 25.7 Å². The van der Waals surface area contributed by atoms with Gasteiger partial charge in [0.15, 0.2) is 5.82 Å². The molecule has 2 aromatic carbocycles. The van der Waals surface area contributed by atoms with Crippen molar-refractivity contribution < 1.29 is 4.79 Å². The number of benzene rings is 2. The van der Waals surface area contributed by atoms with Gasteiger partial charge in [0.1, 0.15) is 5.65 Å². The highest BCUT2D eigenvalue weighted by atomic mass is 16.2. The van der Waals surface area contributed by atoms with Gasteiger partial charge in [-0.25, -0.2) is 9.67 Å². The van der Waals surface area contributed by atoms with Crippen LogP contribution in [0, 0.1) is 0 Å². The van der Waals surface area contributed by atoms with Gasteiger partial charge in [0.25, 0.3) is 5.56 Å². The van der Waals surface area contributed by atoms with E-state index >= 15 is 0 Å². The van der Waals surface area contributed by atoms with Gasteiger partial charge in [-0.05, 0) is 24.1 Å². The third kappa shape index (κ3) is 3.69. The normalized spacial score (nSPS) is 11.1. The molecule has 0 aliphatic heterocycles. The molecule has 0 aliphatic rings. The molecule has 3 aromatic heterocycles. The van der Waals surface area contributed by atoms with Crippen molar-refractivity contribution in [2.24, 2.45) is 0 Å². The molecule has 152 valence electrons. The number of hydrogen-bond donors (Lipinski definition) is 2. The molecular weight excluding hydrogens is 390 g/mol. The predicted octanol–water partition coefficient (Wildman–Crippen LogP) is 4.29. The van der Waals surface area contributed by atoms with Gasteiger partial charge < -0.3 is 10.3 Å². The zero-order chi connectivity index (χ0) is 21.2. The molecule has 0 saturated carbocycles. The zero-order valence-electron chi connectivity index (χ0n) is 16.6. The molecule has 0 aliphatic carbocycles. The van der Waals surface area contributed by atoms with E-state index in [0.29, 0.717) is 29.7 Å². The Balaban J connectivity index is 1.42. The van der Waals surface area contributed by atoms with Crippen LogP contribution in [0.5, 0.6) is 0 Å². The third-order valence-electron chi connectivity index (χ3n) is 5.20. The van der Waals surface area contributed by atoms with Crippen LogP contribution in [0.4, 0.5) is 11.5 Å². The van der Waals surface area contributed by atoms with Crippen LogP contribution in [0.25, 0.3) is 21.8 Å². The summed E-state index contributed by atoms with van der Waals surface area (Å²) in [5, 5.41) is 9.83. The number of rotatable bonds is 5. The van der Waals surface area contributed by atoms with Crippen molar-refractivity contribution >= 4 is 39.2 Å². The standard InChI is InChI=1S/C24H19N5O2/c30-21(11-10-16-6-2-1-3-7-16)29-15-13-20(28-29)26-19-12-14-25-23-22(19)17-8-4-5-9-18(17)24(31)27-23/h1-9,12-15H,10-11H2,(H2,25,26,27,28,31). The third-order valence-corrected chi connectivity index (χ3v) is 5.20. The number of nitrogens with zero attached hydrogens (tertiary/aromatic N) is 3. The van der Waals surface area contributed by atoms with Crippen LogP contribution >= 0.6 is 0 Å². The minimum Gasteiger partial charge on any atom is -0.338 e. The summed E-state index contributed by atoms with van der Waals surface area (Å²) in [5.41, 5.74) is 2.18. The average molecular weight is 409 g/mol. The van der Waals surface area contributed by atoms with Crippen molar-refractivity contribution in [2.75, 3.05) is 5.32 Å². The molecule has 7 nitrogen and oxygen atoms in total. The van der Waals surface area contributed by atoms with Gasteiger partial charge in [-0.1, -0.05) is 48.5 Å². The first-order chi connectivity index (χ1) is 15.2. The number of carbonyl (C=O) groups is 1. The first-order valence-corrected chi connectivity index (χ1v) is 9.98. The van der Waals surface area contributed by atoms with Gasteiger partial charge in [0, 0.05) is 41.0 Å². The summed E-state index contributed by atoms with van der Waals surface area (Å²) in [7, 11) is 0. The van der Waals surface area contributed by atoms with Crippen molar-refractivity contribution in [1.82, 2.24) is 19.7 Å². The first-order valence-electron chi connectivity index (χ1n) is 9.98. The second kappa shape index (κ2) is 7.87. The fourth-order valence-corrected chi connectivity index (χ4v) is 3.69. The highest BCUT2D eigenvalue weighted by Gasteiger charge is 2.12. The Hall–Kier alpha value is -4.26. The topological polar surface area (TPSA) is 92.7 Å². The SMILES string of the molecule is O=C(CCc1ccccc1)n1ccc(Nc2ccnc3[nH]c(=O)c4ccccc4c23)n1. The van der Waals surface area contributed by atoms with Crippen LogP contribution < -0.4 is 10.9 Å². The predicted molar refractivity (Wildman–Crippen MR) is 121 cm³/mol. The summed E-state index contributed by atoms with van der Waals surface area (Å²) in [4.78, 5) is 32.0. The largest absolute Gasteiger partial charge is 0.338 e. The Bertz CT molecular complexity index is 1450. The van der Waals surface area contributed by atoms with Crippen molar-refractivity contribution in [3.8, 4) is 0 Å². The molecule has 0 bridgehead atoms. The van der Waals surface area contributed by atoms with Crippen LogP contribution in [-0.2, 0) is 6.42 Å². The molecule has 31 heavy (non-hydrogen) atoms. The van der Waals surface area contributed by atoms with Crippen molar-refractivity contribution in [2.45, 2.75) is 12.8 Å². The average Bonchev–Trinajstić information content (AvgIpc) is 3.27. The van der Waals surface area contributed by atoms with E-state index in [9.17, 15) is 9.59 Å². The summed E-state index contributed by atoms with van der Waals surface area (Å²) in [6, 6.07) is 20.9. The van der Waals surface area contributed by atoms with Crippen molar-refractivity contribution in [3.63, 3.8) is 0 Å². The summed E-state index contributed by atoms with van der Waals surface area (Å²) in [6.07, 6.45) is 4.31. The first kappa shape index (κ1) is 18.7. The molecule has 0 amide bonds. The summed E-state index contributed by atoms with van der Waals surface area (Å²) >= 11 is 0. The van der Waals surface area contributed by atoms with Gasteiger partial charge >= 0.3 is 0 Å². The Kier molecular flexibility index (Phi) is 4.76. The molecule has 0 spiro atoms. The van der Waals surface area contributed by atoms with E-state index < -0.39 is 0 Å². The van der Waals surface area contributed by atoms with Crippen LogP contribution in [0.2, 0.25) is 0 Å². The molecule has 5 rings (SSSR count). The lowest BCUT2D eigenvalue weighted by atomic mass is 10.1. The molecule has 0 unspecified atom stereocenters. The highest BCUT2D eigenvalue weighted by molar-refractivity contribution is 6.10. The quantitative estimate of drug-likeness (QED) is 0.423. The lowest BCUT2D eigenvalue weighted by molar-refractivity contribution is 0.0887. The number of H-pyrrole nitrogens is 1.